The number of hydrogen-bond donors (Lipinski definition) is 1. The lowest BCUT2D eigenvalue weighted by Gasteiger charge is -2.24. The Labute approximate surface area is 198 Å². The van der Waals surface area contributed by atoms with Gasteiger partial charge in [0.2, 0.25) is 0 Å². The smallest absolute Gasteiger partial charge is 0.254 e. The highest BCUT2D eigenvalue weighted by Gasteiger charge is 2.29. The molecule has 3 heterocycles. The highest BCUT2D eigenvalue weighted by atomic mass is 16.2. The second-order valence-corrected chi connectivity index (χ2v) is 8.88. The van der Waals surface area contributed by atoms with Crippen molar-refractivity contribution in [1.82, 2.24) is 25.0 Å². The topological polar surface area (TPSA) is 80.1 Å². The third-order valence-electron chi connectivity index (χ3n) is 6.46. The van der Waals surface area contributed by atoms with Gasteiger partial charge in [0, 0.05) is 43.9 Å². The molecular formula is C27H27N5O2. The van der Waals surface area contributed by atoms with Crippen LogP contribution in [0, 0.1) is 13.8 Å². The molecule has 2 aromatic carbocycles. The van der Waals surface area contributed by atoms with Gasteiger partial charge in [0.05, 0.1) is 16.6 Å². The molecule has 1 N–H and O–H groups in total. The van der Waals surface area contributed by atoms with Crippen molar-refractivity contribution in [1.29, 1.82) is 0 Å². The predicted octanol–water partition coefficient (Wildman–Crippen LogP) is 3.75. The molecule has 0 saturated heterocycles. The van der Waals surface area contributed by atoms with Crippen LogP contribution < -0.4 is 5.32 Å². The molecule has 7 nitrogen and oxygen atoms in total. The SMILES string of the molecule is Cc1cc(C(=O)NCC(CN2Cc3ccccc3C2=O)c2ccccc2)c2c(C)nn(C)c2n1. The molecule has 0 aliphatic carbocycles. The number of benzene rings is 2. The molecule has 1 unspecified atom stereocenters. The molecule has 1 aliphatic heterocycles. The lowest BCUT2D eigenvalue weighted by Crippen LogP contribution is -2.36. The van der Waals surface area contributed by atoms with Gasteiger partial charge in [-0.1, -0.05) is 48.5 Å². The van der Waals surface area contributed by atoms with Gasteiger partial charge in [0.25, 0.3) is 11.8 Å². The van der Waals surface area contributed by atoms with Crippen LogP contribution in [0.2, 0.25) is 0 Å². The van der Waals surface area contributed by atoms with Crippen LogP contribution in [-0.2, 0) is 13.6 Å². The fourth-order valence-corrected chi connectivity index (χ4v) is 4.80. The molecule has 1 atom stereocenters. The van der Waals surface area contributed by atoms with Gasteiger partial charge in [0.1, 0.15) is 0 Å². The Morgan fingerprint density at radius 2 is 1.82 bits per heavy atom. The molecule has 0 bridgehead atoms. The van der Waals surface area contributed by atoms with E-state index in [4.69, 9.17) is 0 Å². The molecule has 1 aliphatic rings. The molecule has 0 saturated carbocycles. The lowest BCUT2D eigenvalue weighted by atomic mass is 9.98. The maximum Gasteiger partial charge on any atom is 0.254 e. The third-order valence-corrected chi connectivity index (χ3v) is 6.46. The zero-order valence-electron chi connectivity index (χ0n) is 19.6. The number of fused-ring (bicyclic) bond motifs is 2. The highest BCUT2D eigenvalue weighted by Crippen LogP contribution is 2.26. The number of carbonyl (C=O) groups excluding carboxylic acids is 2. The van der Waals surface area contributed by atoms with E-state index in [1.807, 2.05) is 86.5 Å². The minimum Gasteiger partial charge on any atom is -0.351 e. The highest BCUT2D eigenvalue weighted by molar-refractivity contribution is 6.06. The van der Waals surface area contributed by atoms with E-state index >= 15 is 0 Å². The first-order chi connectivity index (χ1) is 16.4. The number of rotatable bonds is 6. The standard InChI is InChI=1S/C27H27N5O2/c1-17-13-23(24-18(2)30-31(3)25(24)29-17)26(33)28-14-21(19-9-5-4-6-10-19)16-32-15-20-11-7-8-12-22(20)27(32)34/h4-13,21H,14-16H2,1-3H3,(H,28,33). The number of aryl methyl sites for hydroxylation is 3. The van der Waals surface area contributed by atoms with Crippen molar-refractivity contribution in [2.24, 2.45) is 7.05 Å². The first-order valence-electron chi connectivity index (χ1n) is 11.4. The number of nitrogens with one attached hydrogen (secondary N) is 1. The van der Waals surface area contributed by atoms with E-state index in [-0.39, 0.29) is 17.7 Å². The fraction of sp³-hybridized carbons (Fsp3) is 0.259. The Balaban J connectivity index is 1.39. The van der Waals surface area contributed by atoms with Crippen LogP contribution in [0.1, 0.15) is 49.1 Å². The zero-order valence-corrected chi connectivity index (χ0v) is 19.6. The summed E-state index contributed by atoms with van der Waals surface area (Å²) in [6.07, 6.45) is 0. The molecule has 2 amide bonds. The molecule has 172 valence electrons. The van der Waals surface area contributed by atoms with Gasteiger partial charge in [0.15, 0.2) is 5.65 Å². The molecule has 5 rings (SSSR count). The third kappa shape index (κ3) is 3.94. The molecule has 0 radical (unpaired) electrons. The number of carbonyl (C=O) groups is 2. The largest absolute Gasteiger partial charge is 0.351 e. The van der Waals surface area contributed by atoms with Gasteiger partial charge in [-0.2, -0.15) is 5.10 Å². The van der Waals surface area contributed by atoms with Crippen molar-refractivity contribution < 1.29 is 9.59 Å². The van der Waals surface area contributed by atoms with Crippen LogP contribution in [0.3, 0.4) is 0 Å². The Bertz CT molecular complexity index is 1390. The summed E-state index contributed by atoms with van der Waals surface area (Å²) in [5, 5.41) is 8.34. The molecule has 7 heteroatoms. The summed E-state index contributed by atoms with van der Waals surface area (Å²) in [6, 6.07) is 19.6. The zero-order chi connectivity index (χ0) is 23.8. The van der Waals surface area contributed by atoms with Gasteiger partial charge in [-0.15, -0.1) is 0 Å². The molecule has 0 fully saturated rings. The van der Waals surface area contributed by atoms with Gasteiger partial charge in [-0.05, 0) is 37.1 Å². The van der Waals surface area contributed by atoms with E-state index in [2.05, 4.69) is 15.4 Å². The van der Waals surface area contributed by atoms with Crippen molar-refractivity contribution >= 4 is 22.8 Å². The monoisotopic (exact) mass is 453 g/mol. The van der Waals surface area contributed by atoms with Crippen molar-refractivity contribution in [3.8, 4) is 0 Å². The summed E-state index contributed by atoms with van der Waals surface area (Å²) in [5.74, 6) is -0.166. The van der Waals surface area contributed by atoms with E-state index in [1.54, 1.807) is 4.68 Å². The van der Waals surface area contributed by atoms with Crippen LogP contribution in [0.15, 0.2) is 60.7 Å². The number of pyridine rings is 1. The van der Waals surface area contributed by atoms with Crippen LogP contribution in [0.25, 0.3) is 11.0 Å². The summed E-state index contributed by atoms with van der Waals surface area (Å²) < 4.78 is 1.71. The van der Waals surface area contributed by atoms with E-state index in [0.717, 1.165) is 33.5 Å². The van der Waals surface area contributed by atoms with Gasteiger partial charge in [-0.3, -0.25) is 14.3 Å². The van der Waals surface area contributed by atoms with Gasteiger partial charge in [-0.25, -0.2) is 4.98 Å². The Kier molecular flexibility index (Phi) is 5.61. The van der Waals surface area contributed by atoms with Crippen molar-refractivity contribution in [3.05, 3.63) is 94.3 Å². The van der Waals surface area contributed by atoms with E-state index < -0.39 is 0 Å². The van der Waals surface area contributed by atoms with Crippen molar-refractivity contribution in [2.75, 3.05) is 13.1 Å². The van der Waals surface area contributed by atoms with Gasteiger partial charge >= 0.3 is 0 Å². The second kappa shape index (κ2) is 8.74. The van der Waals surface area contributed by atoms with Crippen LogP contribution in [0.4, 0.5) is 0 Å². The number of nitrogens with zero attached hydrogens (tertiary/aromatic N) is 4. The first-order valence-corrected chi connectivity index (χ1v) is 11.4. The maximum atomic E-state index is 13.3. The summed E-state index contributed by atoms with van der Waals surface area (Å²) in [7, 11) is 1.83. The fourth-order valence-electron chi connectivity index (χ4n) is 4.80. The molecule has 4 aromatic rings. The quantitative estimate of drug-likeness (QED) is 0.482. The Morgan fingerprint density at radius 1 is 1.09 bits per heavy atom. The predicted molar refractivity (Wildman–Crippen MR) is 131 cm³/mol. The minimum absolute atomic E-state index is 0.0420. The maximum absolute atomic E-state index is 13.3. The van der Waals surface area contributed by atoms with E-state index in [1.165, 1.54) is 0 Å². The number of hydrogen-bond acceptors (Lipinski definition) is 4. The van der Waals surface area contributed by atoms with Crippen molar-refractivity contribution in [2.45, 2.75) is 26.3 Å². The summed E-state index contributed by atoms with van der Waals surface area (Å²) >= 11 is 0. The minimum atomic E-state index is -0.163. The van der Waals surface area contributed by atoms with E-state index in [0.29, 0.717) is 30.8 Å². The van der Waals surface area contributed by atoms with Crippen LogP contribution in [0.5, 0.6) is 0 Å². The van der Waals surface area contributed by atoms with Crippen molar-refractivity contribution in [3.63, 3.8) is 0 Å². The summed E-state index contributed by atoms with van der Waals surface area (Å²) in [4.78, 5) is 32.7. The molecule has 0 spiro atoms. The van der Waals surface area contributed by atoms with E-state index in [9.17, 15) is 9.59 Å². The summed E-state index contributed by atoms with van der Waals surface area (Å²) in [5.41, 5.74) is 5.70. The number of amides is 2. The summed E-state index contributed by atoms with van der Waals surface area (Å²) in [6.45, 7) is 5.28. The number of aromatic nitrogens is 3. The molecule has 34 heavy (non-hydrogen) atoms. The van der Waals surface area contributed by atoms with Crippen LogP contribution >= 0.6 is 0 Å². The Hall–Kier alpha value is -4.00. The Morgan fingerprint density at radius 3 is 2.59 bits per heavy atom. The average Bonchev–Trinajstić information content (AvgIpc) is 3.31. The lowest BCUT2D eigenvalue weighted by molar-refractivity contribution is 0.0767. The molecule has 2 aromatic heterocycles. The normalized spacial score (nSPS) is 13.9. The average molecular weight is 454 g/mol. The van der Waals surface area contributed by atoms with Crippen LogP contribution in [-0.4, -0.2) is 44.6 Å². The second-order valence-electron chi connectivity index (χ2n) is 8.88. The first kappa shape index (κ1) is 21.8. The molecular weight excluding hydrogens is 426 g/mol. The van der Waals surface area contributed by atoms with Gasteiger partial charge < -0.3 is 10.2 Å².